The molecule has 1 aromatic rings. The molecule has 2 heterocycles. The number of carbonyl (C=O) groups is 2. The van der Waals surface area contributed by atoms with E-state index >= 15 is 0 Å². The number of fused-ring (bicyclic) bond motifs is 2. The second-order valence-electron chi connectivity index (χ2n) is 5.89. The lowest BCUT2D eigenvalue weighted by molar-refractivity contribution is -0.136. The largest absolute Gasteiger partial charge is 0.478 e. The number of hydrogen-bond donors (Lipinski definition) is 1. The number of carboxylic acids is 1. The molecule has 0 saturated heterocycles. The molecule has 0 aromatic carbocycles. The molecule has 2 fully saturated rings. The number of aromatic carboxylic acids is 1. The van der Waals surface area contributed by atoms with Gasteiger partial charge in [-0.15, -0.1) is 0 Å². The van der Waals surface area contributed by atoms with Crippen molar-refractivity contribution >= 4 is 11.9 Å². The lowest BCUT2D eigenvalue weighted by Crippen LogP contribution is -2.32. The summed E-state index contributed by atoms with van der Waals surface area (Å²) in [6, 6.07) is 0. The van der Waals surface area contributed by atoms with Gasteiger partial charge in [0.05, 0.1) is 13.1 Å². The summed E-state index contributed by atoms with van der Waals surface area (Å²) in [4.78, 5) is 25.3. The lowest BCUT2D eigenvalue weighted by atomic mass is 10.0. The van der Waals surface area contributed by atoms with Crippen molar-refractivity contribution < 1.29 is 19.1 Å². The Labute approximate surface area is 110 Å². The Bertz CT molecular complexity index is 576. The molecule has 3 atom stereocenters. The van der Waals surface area contributed by atoms with E-state index in [0.29, 0.717) is 30.3 Å². The van der Waals surface area contributed by atoms with Crippen molar-refractivity contribution in [3.8, 4) is 0 Å². The number of amides is 1. The zero-order valence-electron chi connectivity index (χ0n) is 10.5. The van der Waals surface area contributed by atoms with Gasteiger partial charge in [-0.25, -0.2) is 4.79 Å². The van der Waals surface area contributed by atoms with Gasteiger partial charge in [-0.2, -0.15) is 0 Å². The third-order valence-corrected chi connectivity index (χ3v) is 4.87. The quantitative estimate of drug-likeness (QED) is 0.882. The molecule has 0 spiro atoms. The highest BCUT2D eigenvalue weighted by molar-refractivity contribution is 5.90. The number of carbonyl (C=O) groups excluding carboxylic acids is 1. The predicted molar refractivity (Wildman–Crippen MR) is 64.2 cm³/mol. The Morgan fingerprint density at radius 2 is 2.16 bits per heavy atom. The first-order valence-electron chi connectivity index (χ1n) is 6.76. The SMILES string of the molecule is O=C(O)c1coc2c1CN(C(=O)[C@@H]1CC[C@@H]3C[C@@H]31)C2. The van der Waals surface area contributed by atoms with Crippen LogP contribution in [0.5, 0.6) is 0 Å². The number of rotatable bonds is 2. The molecular formula is C14H15NO4. The van der Waals surface area contributed by atoms with Crippen LogP contribution in [0, 0.1) is 17.8 Å². The number of nitrogens with zero attached hydrogens (tertiary/aromatic N) is 1. The van der Waals surface area contributed by atoms with E-state index in [4.69, 9.17) is 9.52 Å². The molecule has 19 heavy (non-hydrogen) atoms. The third kappa shape index (κ3) is 1.54. The fourth-order valence-electron chi connectivity index (χ4n) is 3.73. The van der Waals surface area contributed by atoms with Gasteiger partial charge in [-0.05, 0) is 31.1 Å². The monoisotopic (exact) mass is 261 g/mol. The van der Waals surface area contributed by atoms with Gasteiger partial charge in [0.25, 0.3) is 0 Å². The van der Waals surface area contributed by atoms with E-state index < -0.39 is 5.97 Å². The second-order valence-corrected chi connectivity index (χ2v) is 5.89. The topological polar surface area (TPSA) is 70.8 Å². The molecular weight excluding hydrogens is 246 g/mol. The maximum atomic E-state index is 12.5. The standard InChI is InChI=1S/C14H15NO4/c16-13(8-2-1-7-3-9(7)8)15-4-10-11(14(17)18)6-19-12(10)5-15/h6-9H,1-5H2,(H,17,18)/t7-,8-,9+/m1/s1. The van der Waals surface area contributed by atoms with Crippen LogP contribution in [0.3, 0.4) is 0 Å². The summed E-state index contributed by atoms with van der Waals surface area (Å²) in [5.74, 6) is 1.38. The minimum absolute atomic E-state index is 0.169. The van der Waals surface area contributed by atoms with Crippen LogP contribution in [0.15, 0.2) is 10.7 Å². The summed E-state index contributed by atoms with van der Waals surface area (Å²) in [5.41, 5.74) is 0.868. The van der Waals surface area contributed by atoms with Crippen LogP contribution in [-0.4, -0.2) is 21.9 Å². The summed E-state index contributed by atoms with van der Waals surface area (Å²) in [6.07, 6.45) is 4.66. The first kappa shape index (κ1) is 11.1. The highest BCUT2D eigenvalue weighted by atomic mass is 16.4. The molecule has 0 unspecified atom stereocenters. The van der Waals surface area contributed by atoms with Crippen molar-refractivity contribution in [3.63, 3.8) is 0 Å². The summed E-state index contributed by atoms with van der Waals surface area (Å²) >= 11 is 0. The van der Waals surface area contributed by atoms with Crippen molar-refractivity contribution in [2.75, 3.05) is 0 Å². The van der Waals surface area contributed by atoms with Crippen LogP contribution in [0.25, 0.3) is 0 Å². The van der Waals surface area contributed by atoms with Gasteiger partial charge < -0.3 is 14.4 Å². The normalized spacial score (nSPS) is 31.2. The minimum Gasteiger partial charge on any atom is -0.478 e. The number of carboxylic acid groups (broad SMARTS) is 1. The van der Waals surface area contributed by atoms with E-state index in [0.717, 1.165) is 12.3 Å². The van der Waals surface area contributed by atoms with Crippen LogP contribution >= 0.6 is 0 Å². The van der Waals surface area contributed by atoms with Gasteiger partial charge >= 0.3 is 5.97 Å². The van der Waals surface area contributed by atoms with Crippen molar-refractivity contribution in [2.45, 2.75) is 32.4 Å². The Morgan fingerprint density at radius 1 is 1.32 bits per heavy atom. The van der Waals surface area contributed by atoms with E-state index in [-0.39, 0.29) is 17.4 Å². The average molecular weight is 261 g/mol. The van der Waals surface area contributed by atoms with Crippen LogP contribution < -0.4 is 0 Å². The van der Waals surface area contributed by atoms with E-state index in [2.05, 4.69) is 0 Å². The summed E-state index contributed by atoms with van der Waals surface area (Å²) in [5, 5.41) is 9.06. The molecule has 100 valence electrons. The Kier molecular flexibility index (Phi) is 2.11. The Balaban J connectivity index is 1.53. The second kappa shape index (κ2) is 3.62. The van der Waals surface area contributed by atoms with Gasteiger partial charge in [0.1, 0.15) is 17.6 Å². The summed E-state index contributed by atoms with van der Waals surface area (Å²) < 4.78 is 5.27. The highest BCUT2D eigenvalue weighted by Crippen LogP contribution is 2.56. The zero-order valence-corrected chi connectivity index (χ0v) is 10.5. The van der Waals surface area contributed by atoms with Gasteiger partial charge in [0.15, 0.2) is 0 Å². The molecule has 1 aliphatic heterocycles. The van der Waals surface area contributed by atoms with Gasteiger partial charge in [0, 0.05) is 11.5 Å². The van der Waals surface area contributed by atoms with E-state index in [1.54, 1.807) is 4.90 Å². The van der Waals surface area contributed by atoms with Crippen LogP contribution in [-0.2, 0) is 17.9 Å². The van der Waals surface area contributed by atoms with Crippen LogP contribution in [0.4, 0.5) is 0 Å². The maximum absolute atomic E-state index is 12.5. The average Bonchev–Trinajstić information content (AvgIpc) is 2.78. The molecule has 4 rings (SSSR count). The zero-order chi connectivity index (χ0) is 13.1. The smallest absolute Gasteiger partial charge is 0.339 e. The molecule has 2 aliphatic carbocycles. The molecule has 5 heteroatoms. The molecule has 3 aliphatic rings. The molecule has 5 nitrogen and oxygen atoms in total. The highest BCUT2D eigenvalue weighted by Gasteiger charge is 2.52. The fourth-order valence-corrected chi connectivity index (χ4v) is 3.73. The van der Waals surface area contributed by atoms with Crippen molar-refractivity contribution in [2.24, 2.45) is 17.8 Å². The predicted octanol–water partition coefficient (Wildman–Crippen LogP) is 1.87. The van der Waals surface area contributed by atoms with Gasteiger partial charge in [0.2, 0.25) is 5.91 Å². The molecule has 1 amide bonds. The third-order valence-electron chi connectivity index (χ3n) is 4.87. The van der Waals surface area contributed by atoms with Gasteiger partial charge in [-0.1, -0.05) is 0 Å². The number of furan rings is 1. The Morgan fingerprint density at radius 3 is 2.79 bits per heavy atom. The number of hydrogen-bond acceptors (Lipinski definition) is 3. The summed E-state index contributed by atoms with van der Waals surface area (Å²) in [7, 11) is 0. The maximum Gasteiger partial charge on any atom is 0.339 e. The van der Waals surface area contributed by atoms with E-state index in [1.165, 1.54) is 19.1 Å². The van der Waals surface area contributed by atoms with E-state index in [9.17, 15) is 9.59 Å². The Hall–Kier alpha value is -1.78. The minimum atomic E-state index is -0.984. The van der Waals surface area contributed by atoms with Gasteiger partial charge in [-0.3, -0.25) is 4.79 Å². The molecule has 1 N–H and O–H groups in total. The summed E-state index contributed by atoms with van der Waals surface area (Å²) in [6.45, 7) is 0.815. The molecule has 2 saturated carbocycles. The van der Waals surface area contributed by atoms with Crippen molar-refractivity contribution in [1.29, 1.82) is 0 Å². The van der Waals surface area contributed by atoms with E-state index in [1.807, 2.05) is 0 Å². The fraction of sp³-hybridized carbons (Fsp3) is 0.571. The molecule has 0 bridgehead atoms. The van der Waals surface area contributed by atoms with Crippen molar-refractivity contribution in [1.82, 2.24) is 4.90 Å². The first-order chi connectivity index (χ1) is 9.15. The van der Waals surface area contributed by atoms with Crippen molar-refractivity contribution in [3.05, 3.63) is 23.2 Å². The molecule has 0 radical (unpaired) electrons. The van der Waals surface area contributed by atoms with Crippen LogP contribution in [0.2, 0.25) is 0 Å². The van der Waals surface area contributed by atoms with Crippen LogP contribution in [0.1, 0.15) is 40.9 Å². The first-order valence-corrected chi connectivity index (χ1v) is 6.76. The lowest BCUT2D eigenvalue weighted by Gasteiger charge is -2.20. The molecule has 1 aromatic heterocycles.